The molecular formula is C24H22F2N6OS. The van der Waals surface area contributed by atoms with Gasteiger partial charge in [-0.15, -0.1) is 0 Å². The van der Waals surface area contributed by atoms with Gasteiger partial charge in [-0.2, -0.15) is 14.5 Å². The first kappa shape index (κ1) is 22.3. The third-order valence-corrected chi connectivity index (χ3v) is 6.51. The summed E-state index contributed by atoms with van der Waals surface area (Å²) in [7, 11) is 2.11. The molecule has 0 saturated carbocycles. The van der Waals surface area contributed by atoms with Crippen LogP contribution in [0.15, 0.2) is 59.4 Å². The van der Waals surface area contributed by atoms with E-state index in [2.05, 4.69) is 26.3 Å². The van der Waals surface area contributed by atoms with Crippen molar-refractivity contribution >= 4 is 16.7 Å². The summed E-state index contributed by atoms with van der Waals surface area (Å²) in [5.74, 6) is -0.756. The quantitative estimate of drug-likeness (QED) is 0.436. The van der Waals surface area contributed by atoms with Crippen molar-refractivity contribution in [2.45, 2.75) is 6.54 Å². The lowest BCUT2D eigenvalue weighted by Gasteiger charge is -2.31. The molecule has 5 rings (SSSR count). The van der Waals surface area contributed by atoms with E-state index in [4.69, 9.17) is 4.98 Å². The first-order valence-electron chi connectivity index (χ1n) is 10.9. The smallest absolute Gasteiger partial charge is 0.267 e. The summed E-state index contributed by atoms with van der Waals surface area (Å²) in [6.45, 7) is 4.03. The predicted molar refractivity (Wildman–Crippen MR) is 128 cm³/mol. The van der Waals surface area contributed by atoms with Gasteiger partial charge >= 0.3 is 0 Å². The molecule has 2 aromatic heterocycles. The van der Waals surface area contributed by atoms with Crippen LogP contribution in [0.2, 0.25) is 0 Å². The minimum Gasteiger partial charge on any atom is -0.344 e. The minimum absolute atomic E-state index is 0.202. The van der Waals surface area contributed by atoms with Gasteiger partial charge in [-0.1, -0.05) is 18.2 Å². The molecule has 4 aromatic rings. The van der Waals surface area contributed by atoms with Crippen LogP contribution in [0.4, 0.5) is 13.9 Å². The Balaban J connectivity index is 1.38. The van der Waals surface area contributed by atoms with Gasteiger partial charge in [0.25, 0.3) is 5.56 Å². The second-order valence-electron chi connectivity index (χ2n) is 8.26. The second-order valence-corrected chi connectivity index (χ2v) is 8.99. The number of benzene rings is 2. The lowest BCUT2D eigenvalue weighted by atomic mass is 10.1. The second kappa shape index (κ2) is 9.40. The SMILES string of the molecule is CN1CCN(c2nc(-c3cccc(Cn4nc(-c5cc(F)cc(F)c5)ccc4=O)c3)ns2)CC1. The fourth-order valence-electron chi connectivity index (χ4n) is 3.86. The molecule has 174 valence electrons. The van der Waals surface area contributed by atoms with Crippen LogP contribution >= 0.6 is 11.5 Å². The van der Waals surface area contributed by atoms with Crippen molar-refractivity contribution in [3.63, 3.8) is 0 Å². The summed E-state index contributed by atoms with van der Waals surface area (Å²) in [6.07, 6.45) is 0. The molecule has 0 N–H and O–H groups in total. The van der Waals surface area contributed by atoms with Crippen LogP contribution in [-0.4, -0.2) is 57.3 Å². The maximum absolute atomic E-state index is 13.6. The standard InChI is InChI=1S/C24H22F2N6OS/c1-30-7-9-31(10-8-30)24-27-23(29-34-24)17-4-2-3-16(11-17)15-32-22(33)6-5-21(28-32)18-12-19(25)14-20(26)13-18/h2-6,11-14H,7-10,15H2,1H3. The van der Waals surface area contributed by atoms with Crippen molar-refractivity contribution in [3.8, 4) is 22.6 Å². The molecule has 0 radical (unpaired) electrons. The average Bonchev–Trinajstić information content (AvgIpc) is 3.31. The highest BCUT2D eigenvalue weighted by atomic mass is 32.1. The summed E-state index contributed by atoms with van der Waals surface area (Å²) in [6, 6.07) is 13.6. The maximum Gasteiger partial charge on any atom is 0.267 e. The molecule has 0 amide bonds. The maximum atomic E-state index is 13.6. The van der Waals surface area contributed by atoms with Crippen LogP contribution in [-0.2, 0) is 6.54 Å². The first-order valence-corrected chi connectivity index (χ1v) is 11.6. The highest BCUT2D eigenvalue weighted by Gasteiger charge is 2.18. The fourth-order valence-corrected chi connectivity index (χ4v) is 4.60. The number of nitrogens with zero attached hydrogens (tertiary/aromatic N) is 6. The van der Waals surface area contributed by atoms with E-state index in [0.29, 0.717) is 11.5 Å². The van der Waals surface area contributed by atoms with Crippen molar-refractivity contribution < 1.29 is 8.78 Å². The van der Waals surface area contributed by atoms with E-state index in [1.807, 2.05) is 24.3 Å². The Morgan fingerprint density at radius 2 is 1.71 bits per heavy atom. The largest absolute Gasteiger partial charge is 0.344 e. The van der Waals surface area contributed by atoms with Gasteiger partial charge in [0.1, 0.15) is 11.6 Å². The molecule has 1 aliphatic heterocycles. The normalized spacial score (nSPS) is 14.5. The lowest BCUT2D eigenvalue weighted by Crippen LogP contribution is -2.44. The van der Waals surface area contributed by atoms with E-state index >= 15 is 0 Å². The number of halogens is 2. The first-order chi connectivity index (χ1) is 16.4. The van der Waals surface area contributed by atoms with E-state index in [1.165, 1.54) is 40.5 Å². The van der Waals surface area contributed by atoms with Crippen molar-refractivity contribution in [2.24, 2.45) is 0 Å². The average molecular weight is 481 g/mol. The van der Waals surface area contributed by atoms with Gasteiger partial charge in [-0.05, 0) is 36.9 Å². The van der Waals surface area contributed by atoms with E-state index in [0.717, 1.165) is 48.5 Å². The van der Waals surface area contributed by atoms with Crippen molar-refractivity contribution in [1.29, 1.82) is 0 Å². The molecular weight excluding hydrogens is 458 g/mol. The van der Waals surface area contributed by atoms with Gasteiger partial charge in [0, 0.05) is 61.0 Å². The third kappa shape index (κ3) is 4.87. The summed E-state index contributed by atoms with van der Waals surface area (Å²) >= 11 is 1.38. The zero-order valence-corrected chi connectivity index (χ0v) is 19.3. The number of piperazine rings is 1. The highest BCUT2D eigenvalue weighted by molar-refractivity contribution is 7.09. The van der Waals surface area contributed by atoms with E-state index in [9.17, 15) is 13.6 Å². The fraction of sp³-hybridized carbons (Fsp3) is 0.250. The molecule has 0 unspecified atom stereocenters. The number of likely N-dealkylation sites (N-methyl/N-ethyl adjacent to an activating group) is 1. The topological polar surface area (TPSA) is 67.2 Å². The summed E-state index contributed by atoms with van der Waals surface area (Å²) in [4.78, 5) is 21.7. The zero-order valence-electron chi connectivity index (χ0n) is 18.5. The van der Waals surface area contributed by atoms with Crippen molar-refractivity contribution in [3.05, 3.63) is 82.1 Å². The molecule has 1 aliphatic rings. The molecule has 0 spiro atoms. The van der Waals surface area contributed by atoms with E-state index in [1.54, 1.807) is 0 Å². The minimum atomic E-state index is -0.700. The molecule has 1 fully saturated rings. The number of hydrogen-bond acceptors (Lipinski definition) is 7. The molecule has 10 heteroatoms. The summed E-state index contributed by atoms with van der Waals surface area (Å²) in [5.41, 5.74) is 1.96. The molecule has 34 heavy (non-hydrogen) atoms. The van der Waals surface area contributed by atoms with Crippen LogP contribution in [0.1, 0.15) is 5.56 Å². The monoisotopic (exact) mass is 480 g/mol. The molecule has 1 saturated heterocycles. The summed E-state index contributed by atoms with van der Waals surface area (Å²) in [5, 5.41) is 5.23. The Hall–Kier alpha value is -3.50. The Morgan fingerprint density at radius 3 is 2.47 bits per heavy atom. The van der Waals surface area contributed by atoms with Crippen LogP contribution < -0.4 is 10.5 Å². The Kier molecular flexibility index (Phi) is 6.16. The molecule has 0 aliphatic carbocycles. The van der Waals surface area contributed by atoms with Crippen molar-refractivity contribution in [1.82, 2.24) is 24.0 Å². The van der Waals surface area contributed by atoms with Gasteiger partial charge in [0.15, 0.2) is 5.82 Å². The van der Waals surface area contributed by atoms with Crippen LogP contribution in [0.3, 0.4) is 0 Å². The molecule has 2 aromatic carbocycles. The number of aromatic nitrogens is 4. The third-order valence-electron chi connectivity index (χ3n) is 5.73. The van der Waals surface area contributed by atoms with Gasteiger partial charge in [0.2, 0.25) is 5.13 Å². The van der Waals surface area contributed by atoms with Gasteiger partial charge in [-0.25, -0.2) is 13.5 Å². The number of anilines is 1. The zero-order chi connectivity index (χ0) is 23.7. The summed E-state index contributed by atoms with van der Waals surface area (Å²) < 4.78 is 33.1. The van der Waals surface area contributed by atoms with Gasteiger partial charge < -0.3 is 9.80 Å². The van der Waals surface area contributed by atoms with Crippen LogP contribution in [0.25, 0.3) is 22.6 Å². The number of rotatable bonds is 5. The van der Waals surface area contributed by atoms with Crippen LogP contribution in [0, 0.1) is 11.6 Å². The molecule has 0 bridgehead atoms. The molecule has 0 atom stereocenters. The van der Waals surface area contributed by atoms with Crippen molar-refractivity contribution in [2.75, 3.05) is 38.1 Å². The molecule has 3 heterocycles. The van der Waals surface area contributed by atoms with Crippen LogP contribution in [0.5, 0.6) is 0 Å². The molecule has 7 nitrogen and oxygen atoms in total. The Bertz CT molecular complexity index is 1360. The van der Waals surface area contributed by atoms with Gasteiger partial charge in [-0.3, -0.25) is 4.79 Å². The Morgan fingerprint density at radius 1 is 0.941 bits per heavy atom. The van der Waals surface area contributed by atoms with Gasteiger partial charge in [0.05, 0.1) is 12.2 Å². The van der Waals surface area contributed by atoms with E-state index in [-0.39, 0.29) is 17.7 Å². The number of hydrogen-bond donors (Lipinski definition) is 0. The Labute approximate surface area is 199 Å². The highest BCUT2D eigenvalue weighted by Crippen LogP contribution is 2.25. The van der Waals surface area contributed by atoms with E-state index < -0.39 is 11.6 Å². The lowest BCUT2D eigenvalue weighted by molar-refractivity contribution is 0.313. The predicted octanol–water partition coefficient (Wildman–Crippen LogP) is 3.51.